The molecule has 0 unspecified atom stereocenters. The van der Waals surface area contributed by atoms with E-state index in [-0.39, 0.29) is 28.7 Å². The molecule has 1 aliphatic heterocycles. The van der Waals surface area contributed by atoms with E-state index in [0.717, 1.165) is 28.6 Å². The Hall–Kier alpha value is -2.57. The van der Waals surface area contributed by atoms with Crippen molar-refractivity contribution in [2.45, 2.75) is 30.0 Å². The lowest BCUT2D eigenvalue weighted by Gasteiger charge is -2.35. The summed E-state index contributed by atoms with van der Waals surface area (Å²) in [5.74, 6) is -2.92. The van der Waals surface area contributed by atoms with Crippen LogP contribution in [0.1, 0.15) is 12.8 Å². The van der Waals surface area contributed by atoms with Crippen LogP contribution in [0.15, 0.2) is 53.4 Å². The van der Waals surface area contributed by atoms with E-state index in [1.54, 1.807) is 6.07 Å². The van der Waals surface area contributed by atoms with Crippen molar-refractivity contribution < 1.29 is 40.2 Å². The van der Waals surface area contributed by atoms with Crippen LogP contribution in [0.4, 0.5) is 28.0 Å². The van der Waals surface area contributed by atoms with Crippen molar-refractivity contribution in [1.82, 2.24) is 4.31 Å². The Morgan fingerprint density at radius 2 is 1.66 bits per heavy atom. The van der Waals surface area contributed by atoms with Gasteiger partial charge in [-0.25, -0.2) is 13.2 Å². The van der Waals surface area contributed by atoms with Crippen LogP contribution in [0.2, 0.25) is 5.02 Å². The number of nitrogens with one attached hydrogen (secondary N) is 1. The molecule has 0 radical (unpaired) electrons. The van der Waals surface area contributed by atoms with E-state index in [4.69, 9.17) is 16.3 Å². The molecule has 1 fully saturated rings. The Bertz CT molecular complexity index is 1070. The molecule has 32 heavy (non-hydrogen) atoms. The molecule has 1 heterocycles. The number of piperidine rings is 1. The maximum absolute atomic E-state index is 14.9. The summed E-state index contributed by atoms with van der Waals surface area (Å²) in [5, 5.41) is 2.23. The summed E-state index contributed by atoms with van der Waals surface area (Å²) in [6.45, 7) is -0.498. The first-order valence-electron chi connectivity index (χ1n) is 9.17. The molecule has 0 spiro atoms. The minimum atomic E-state index is -4.86. The number of rotatable bonds is 5. The molecule has 13 heteroatoms. The average molecular weight is 497 g/mol. The summed E-state index contributed by atoms with van der Waals surface area (Å²) in [4.78, 5) is 11.9. The Labute approximate surface area is 185 Å². The van der Waals surface area contributed by atoms with Crippen LogP contribution in [0.25, 0.3) is 0 Å². The highest BCUT2D eigenvalue weighted by molar-refractivity contribution is 7.89. The number of hydrogen-bond donors (Lipinski definition) is 1. The van der Waals surface area contributed by atoms with Crippen molar-refractivity contribution in [1.29, 1.82) is 0 Å². The number of carbonyl (C=O) groups is 1. The minimum absolute atomic E-state index is 0.0341. The molecule has 0 saturated carbocycles. The van der Waals surface area contributed by atoms with Crippen LogP contribution < -0.4 is 10.1 Å². The van der Waals surface area contributed by atoms with Gasteiger partial charge in [-0.3, -0.25) is 5.32 Å². The van der Waals surface area contributed by atoms with Crippen LogP contribution in [-0.4, -0.2) is 44.1 Å². The summed E-state index contributed by atoms with van der Waals surface area (Å²) >= 11 is 5.95. The Kier molecular flexibility index (Phi) is 6.86. The van der Waals surface area contributed by atoms with Gasteiger partial charge in [0, 0.05) is 31.6 Å². The molecule has 0 aromatic heterocycles. The largest absolute Gasteiger partial charge is 0.573 e. The van der Waals surface area contributed by atoms with Gasteiger partial charge in [0.05, 0.1) is 5.02 Å². The molecule has 174 valence electrons. The number of amides is 1. The maximum Gasteiger partial charge on any atom is 0.573 e. The standard InChI is InChI=1S/C19H17ClF4N2O5S/c20-15-3-1-2-4-16(15)32(28,29)26-11-9-18(21,10-12-26)31-17(27)25-13-5-7-14(8-6-13)30-19(22,23)24/h1-8H,9-12H2,(H,25,27). The number of nitrogens with zero attached hydrogens (tertiary/aromatic N) is 1. The Morgan fingerprint density at radius 3 is 2.22 bits per heavy atom. The lowest BCUT2D eigenvalue weighted by Crippen LogP contribution is -2.47. The van der Waals surface area contributed by atoms with Crippen molar-refractivity contribution in [3.63, 3.8) is 0 Å². The second-order valence-electron chi connectivity index (χ2n) is 6.80. The van der Waals surface area contributed by atoms with Crippen LogP contribution in [0, 0.1) is 0 Å². The van der Waals surface area contributed by atoms with Crippen molar-refractivity contribution in [2.24, 2.45) is 0 Å². The third kappa shape index (κ3) is 6.02. The first kappa shape index (κ1) is 24.1. The highest BCUT2D eigenvalue weighted by Gasteiger charge is 2.42. The van der Waals surface area contributed by atoms with Crippen LogP contribution in [0.3, 0.4) is 0 Å². The first-order chi connectivity index (χ1) is 14.9. The molecule has 0 aliphatic carbocycles. The summed E-state index contributed by atoms with van der Waals surface area (Å²) in [7, 11) is -3.95. The zero-order chi connectivity index (χ0) is 23.6. The maximum atomic E-state index is 14.9. The topological polar surface area (TPSA) is 84.9 Å². The third-order valence-corrected chi connectivity index (χ3v) is 6.93. The van der Waals surface area contributed by atoms with Gasteiger partial charge in [-0.15, -0.1) is 13.2 Å². The number of anilines is 1. The van der Waals surface area contributed by atoms with Crippen LogP contribution >= 0.6 is 11.6 Å². The lowest BCUT2D eigenvalue weighted by molar-refractivity contribution is -0.274. The second-order valence-corrected chi connectivity index (χ2v) is 9.12. The van der Waals surface area contributed by atoms with Crippen molar-refractivity contribution in [2.75, 3.05) is 18.4 Å². The summed E-state index contributed by atoms with van der Waals surface area (Å²) < 4.78 is 86.5. The summed E-state index contributed by atoms with van der Waals surface area (Å²) in [5.41, 5.74) is 0.0480. The molecule has 3 rings (SSSR count). The second kappa shape index (κ2) is 9.12. The number of carbonyl (C=O) groups excluding carboxylic acids is 1. The molecule has 1 amide bonds. The van der Waals surface area contributed by atoms with Gasteiger partial charge in [0.25, 0.3) is 5.85 Å². The predicted octanol–water partition coefficient (Wildman–Crippen LogP) is 4.94. The van der Waals surface area contributed by atoms with Crippen molar-refractivity contribution in [3.8, 4) is 5.75 Å². The van der Waals surface area contributed by atoms with E-state index < -0.39 is 46.9 Å². The molecule has 1 saturated heterocycles. The zero-order valence-corrected chi connectivity index (χ0v) is 17.8. The normalized spacial score (nSPS) is 16.9. The van der Waals surface area contributed by atoms with Gasteiger partial charge in [-0.1, -0.05) is 23.7 Å². The van der Waals surface area contributed by atoms with Gasteiger partial charge in [0.2, 0.25) is 10.0 Å². The van der Waals surface area contributed by atoms with Gasteiger partial charge in [-0.05, 0) is 36.4 Å². The summed E-state index contributed by atoms with van der Waals surface area (Å²) in [6, 6.07) is 10.0. The van der Waals surface area contributed by atoms with Crippen molar-refractivity contribution >= 4 is 33.4 Å². The van der Waals surface area contributed by atoms with Gasteiger partial charge in [0.1, 0.15) is 10.6 Å². The highest BCUT2D eigenvalue weighted by atomic mass is 35.5. The Morgan fingerprint density at radius 1 is 1.06 bits per heavy atom. The van der Waals surface area contributed by atoms with Gasteiger partial charge in [0.15, 0.2) is 0 Å². The molecular weight excluding hydrogens is 480 g/mol. The SMILES string of the molecule is O=C(Nc1ccc(OC(F)(F)F)cc1)OC1(F)CCN(S(=O)(=O)c2ccccc2Cl)CC1. The lowest BCUT2D eigenvalue weighted by atomic mass is 10.1. The zero-order valence-electron chi connectivity index (χ0n) is 16.2. The predicted molar refractivity (Wildman–Crippen MR) is 107 cm³/mol. The number of alkyl halides is 4. The number of halogens is 5. The fourth-order valence-electron chi connectivity index (χ4n) is 3.00. The molecule has 7 nitrogen and oxygen atoms in total. The van der Waals surface area contributed by atoms with E-state index in [0.29, 0.717) is 0 Å². The average Bonchev–Trinajstić information content (AvgIpc) is 2.68. The third-order valence-electron chi connectivity index (χ3n) is 4.53. The molecular formula is C19H17ClF4N2O5S. The fourth-order valence-corrected chi connectivity index (χ4v) is 4.94. The van der Waals surface area contributed by atoms with Gasteiger partial charge < -0.3 is 9.47 Å². The first-order valence-corrected chi connectivity index (χ1v) is 11.0. The molecule has 0 atom stereocenters. The minimum Gasteiger partial charge on any atom is -0.412 e. The van der Waals surface area contributed by atoms with E-state index in [9.17, 15) is 30.8 Å². The van der Waals surface area contributed by atoms with E-state index >= 15 is 0 Å². The number of benzene rings is 2. The summed E-state index contributed by atoms with van der Waals surface area (Å²) in [6.07, 6.45) is -6.87. The van der Waals surface area contributed by atoms with E-state index in [1.165, 1.54) is 18.2 Å². The number of hydrogen-bond acceptors (Lipinski definition) is 5. The fraction of sp³-hybridized carbons (Fsp3) is 0.316. The van der Waals surface area contributed by atoms with Crippen LogP contribution in [-0.2, 0) is 14.8 Å². The van der Waals surface area contributed by atoms with Gasteiger partial charge in [-0.2, -0.15) is 8.70 Å². The smallest absolute Gasteiger partial charge is 0.412 e. The van der Waals surface area contributed by atoms with E-state index in [1.807, 2.05) is 0 Å². The molecule has 1 aliphatic rings. The van der Waals surface area contributed by atoms with Gasteiger partial charge >= 0.3 is 12.5 Å². The molecule has 2 aromatic rings. The Balaban J connectivity index is 1.56. The number of ether oxygens (including phenoxy) is 2. The number of sulfonamides is 1. The molecule has 1 N–H and O–H groups in total. The van der Waals surface area contributed by atoms with Crippen molar-refractivity contribution in [3.05, 3.63) is 53.6 Å². The highest BCUT2D eigenvalue weighted by Crippen LogP contribution is 2.33. The molecule has 2 aromatic carbocycles. The van der Waals surface area contributed by atoms with Crippen LogP contribution in [0.5, 0.6) is 5.75 Å². The monoisotopic (exact) mass is 496 g/mol. The molecule has 0 bridgehead atoms. The van der Waals surface area contributed by atoms with E-state index in [2.05, 4.69) is 10.1 Å². The quantitative estimate of drug-likeness (QED) is 0.593.